The smallest absolute Gasteiger partial charge is 0.200 e. The van der Waals surface area contributed by atoms with E-state index in [4.69, 9.17) is 13.9 Å². The SMILES string of the molecule is COCOc1ccc(CO[Si](C(C)C)(C(C)C)C(C)C)cc1C(O)(c1ccccc1)c1ccccc1. The summed E-state index contributed by atoms with van der Waals surface area (Å²) in [6, 6.07) is 25.5. The van der Waals surface area contributed by atoms with E-state index >= 15 is 0 Å². The molecule has 0 atom stereocenters. The van der Waals surface area contributed by atoms with Gasteiger partial charge in [-0.15, -0.1) is 0 Å². The lowest BCUT2D eigenvalue weighted by Crippen LogP contribution is -2.47. The van der Waals surface area contributed by atoms with Crippen LogP contribution in [0.5, 0.6) is 5.75 Å². The fraction of sp³-hybridized carbons (Fsp3) is 0.419. The molecule has 36 heavy (non-hydrogen) atoms. The largest absolute Gasteiger partial charge is 0.467 e. The van der Waals surface area contributed by atoms with Crippen LogP contribution in [0.25, 0.3) is 0 Å². The number of benzene rings is 3. The molecule has 0 bridgehead atoms. The highest BCUT2D eigenvalue weighted by atomic mass is 28.4. The number of methoxy groups -OCH3 is 1. The summed E-state index contributed by atoms with van der Waals surface area (Å²) in [5.41, 5.74) is 3.29. The molecule has 194 valence electrons. The van der Waals surface area contributed by atoms with E-state index in [1.807, 2.05) is 78.9 Å². The van der Waals surface area contributed by atoms with Crippen molar-refractivity contribution in [3.8, 4) is 5.75 Å². The lowest BCUT2D eigenvalue weighted by molar-refractivity contribution is 0.0454. The number of aliphatic hydroxyl groups is 1. The minimum atomic E-state index is -2.05. The predicted octanol–water partition coefficient (Wildman–Crippen LogP) is 7.65. The minimum absolute atomic E-state index is 0.0899. The first-order valence-electron chi connectivity index (χ1n) is 12.9. The Kier molecular flexibility index (Phi) is 9.53. The molecule has 1 N–H and O–H groups in total. The average molecular weight is 507 g/mol. The van der Waals surface area contributed by atoms with Gasteiger partial charge >= 0.3 is 0 Å². The molecule has 0 amide bonds. The maximum Gasteiger partial charge on any atom is 0.200 e. The van der Waals surface area contributed by atoms with E-state index in [9.17, 15) is 5.11 Å². The standard InChI is InChI=1S/C31H42O4Si/c1-23(2)36(24(3)4,25(5)6)35-21-26-18-19-30(34-22-33-7)29(20-26)31(32,27-14-10-8-11-15-27)28-16-12-9-13-17-28/h8-20,23-25,32H,21-22H2,1-7H3. The zero-order valence-electron chi connectivity index (χ0n) is 22.8. The van der Waals surface area contributed by atoms with Crippen LogP contribution in [0.1, 0.15) is 63.8 Å². The van der Waals surface area contributed by atoms with Crippen LogP contribution < -0.4 is 4.74 Å². The van der Waals surface area contributed by atoms with E-state index in [-0.39, 0.29) is 6.79 Å². The summed E-state index contributed by atoms with van der Waals surface area (Å²) in [7, 11) is -0.456. The summed E-state index contributed by atoms with van der Waals surface area (Å²) in [5.74, 6) is 0.580. The summed E-state index contributed by atoms with van der Waals surface area (Å²) in [6.45, 7) is 14.4. The van der Waals surface area contributed by atoms with E-state index in [1.165, 1.54) is 0 Å². The zero-order valence-corrected chi connectivity index (χ0v) is 23.8. The molecule has 0 spiro atoms. The first-order chi connectivity index (χ1) is 17.2. The molecule has 0 heterocycles. The number of hydrogen-bond donors (Lipinski definition) is 1. The Morgan fingerprint density at radius 3 is 1.69 bits per heavy atom. The monoisotopic (exact) mass is 506 g/mol. The van der Waals surface area contributed by atoms with Crippen LogP contribution in [-0.2, 0) is 21.4 Å². The first kappa shape index (κ1) is 28.1. The van der Waals surface area contributed by atoms with Gasteiger partial charge in [0.2, 0.25) is 8.32 Å². The Balaban J connectivity index is 2.14. The van der Waals surface area contributed by atoms with Crippen LogP contribution in [-0.4, -0.2) is 27.3 Å². The predicted molar refractivity (Wildman–Crippen MR) is 150 cm³/mol. The average Bonchev–Trinajstić information content (AvgIpc) is 2.88. The van der Waals surface area contributed by atoms with Crippen LogP contribution in [0.4, 0.5) is 0 Å². The molecule has 0 saturated heterocycles. The van der Waals surface area contributed by atoms with Gasteiger partial charge in [-0.05, 0) is 45.4 Å². The summed E-state index contributed by atoms with van der Waals surface area (Å²) in [5, 5.41) is 12.5. The molecule has 3 rings (SSSR count). The van der Waals surface area contributed by atoms with Gasteiger partial charge in [0.25, 0.3) is 0 Å². The minimum Gasteiger partial charge on any atom is -0.467 e. The van der Waals surface area contributed by atoms with Crippen molar-refractivity contribution in [3.63, 3.8) is 0 Å². The summed E-state index contributed by atoms with van der Waals surface area (Å²) >= 11 is 0. The molecule has 3 aromatic rings. The molecule has 0 aliphatic rings. The van der Waals surface area contributed by atoms with Crippen LogP contribution in [0.3, 0.4) is 0 Å². The van der Waals surface area contributed by atoms with E-state index in [1.54, 1.807) is 7.11 Å². The van der Waals surface area contributed by atoms with Crippen molar-refractivity contribution in [1.29, 1.82) is 0 Å². The molecule has 4 nitrogen and oxygen atoms in total. The molecule has 0 unspecified atom stereocenters. The molecule has 5 heteroatoms. The molecule has 0 aliphatic carbocycles. The summed E-state index contributed by atoms with van der Waals surface area (Å²) < 4.78 is 18.1. The van der Waals surface area contributed by atoms with Crippen molar-refractivity contribution in [2.45, 2.75) is 70.4 Å². The first-order valence-corrected chi connectivity index (χ1v) is 15.0. The normalized spacial score (nSPS) is 12.5. The Morgan fingerprint density at radius 1 is 0.750 bits per heavy atom. The van der Waals surface area contributed by atoms with Gasteiger partial charge in [0.15, 0.2) is 6.79 Å². The molecule has 0 aliphatic heterocycles. The van der Waals surface area contributed by atoms with E-state index < -0.39 is 13.9 Å². The number of hydrogen-bond acceptors (Lipinski definition) is 4. The number of rotatable bonds is 12. The lowest BCUT2D eigenvalue weighted by atomic mass is 9.79. The van der Waals surface area contributed by atoms with Crippen molar-refractivity contribution < 1.29 is 19.0 Å². The third-order valence-corrected chi connectivity index (χ3v) is 13.4. The van der Waals surface area contributed by atoms with Crippen LogP contribution in [0.15, 0.2) is 78.9 Å². The van der Waals surface area contributed by atoms with Gasteiger partial charge in [0, 0.05) is 12.7 Å². The molecular weight excluding hydrogens is 464 g/mol. The van der Waals surface area contributed by atoms with Gasteiger partial charge in [-0.2, -0.15) is 0 Å². The third kappa shape index (κ3) is 5.60. The fourth-order valence-electron chi connectivity index (χ4n) is 5.74. The molecule has 0 radical (unpaired) electrons. The van der Waals surface area contributed by atoms with Gasteiger partial charge in [-0.25, -0.2) is 0 Å². The molecular formula is C31H42O4Si. The highest BCUT2D eigenvalue weighted by Crippen LogP contribution is 2.44. The van der Waals surface area contributed by atoms with Crippen LogP contribution >= 0.6 is 0 Å². The second-order valence-corrected chi connectivity index (χ2v) is 15.9. The fourth-order valence-corrected chi connectivity index (χ4v) is 11.2. The topological polar surface area (TPSA) is 47.9 Å². The van der Waals surface area contributed by atoms with Gasteiger partial charge < -0.3 is 19.0 Å². The van der Waals surface area contributed by atoms with Crippen molar-refractivity contribution in [2.75, 3.05) is 13.9 Å². The molecule has 3 aromatic carbocycles. The highest BCUT2D eigenvalue weighted by Gasteiger charge is 2.45. The van der Waals surface area contributed by atoms with Crippen molar-refractivity contribution in [2.24, 2.45) is 0 Å². The summed E-state index contributed by atoms with van der Waals surface area (Å²) in [4.78, 5) is 0. The van der Waals surface area contributed by atoms with E-state index in [2.05, 4.69) is 41.5 Å². The molecule has 0 fully saturated rings. The van der Waals surface area contributed by atoms with Crippen molar-refractivity contribution in [3.05, 3.63) is 101 Å². The Bertz CT molecular complexity index is 1020. The Hall–Kier alpha value is -2.44. The highest BCUT2D eigenvalue weighted by molar-refractivity contribution is 6.77. The van der Waals surface area contributed by atoms with Crippen molar-refractivity contribution in [1.82, 2.24) is 0 Å². The molecule has 0 saturated carbocycles. The Labute approximate surface area is 218 Å². The van der Waals surface area contributed by atoms with Crippen LogP contribution in [0, 0.1) is 0 Å². The van der Waals surface area contributed by atoms with E-state index in [0.717, 1.165) is 16.7 Å². The molecule has 0 aromatic heterocycles. The second-order valence-electron chi connectivity index (χ2n) is 10.4. The maximum absolute atomic E-state index is 12.5. The lowest BCUT2D eigenvalue weighted by Gasteiger charge is -2.42. The second kappa shape index (κ2) is 12.2. The third-order valence-electron chi connectivity index (χ3n) is 7.35. The van der Waals surface area contributed by atoms with Gasteiger partial charge in [-0.1, -0.05) is 108 Å². The van der Waals surface area contributed by atoms with Crippen molar-refractivity contribution >= 4 is 8.32 Å². The quantitative estimate of drug-likeness (QED) is 0.156. The zero-order chi connectivity index (χ0) is 26.3. The van der Waals surface area contributed by atoms with Crippen LogP contribution in [0.2, 0.25) is 16.6 Å². The van der Waals surface area contributed by atoms with Gasteiger partial charge in [0.1, 0.15) is 11.4 Å². The van der Waals surface area contributed by atoms with Gasteiger partial charge in [0.05, 0.1) is 6.61 Å². The summed E-state index contributed by atoms with van der Waals surface area (Å²) in [6.07, 6.45) is 0. The Morgan fingerprint density at radius 2 is 1.25 bits per heavy atom. The van der Waals surface area contributed by atoms with E-state index in [0.29, 0.717) is 34.5 Å². The number of ether oxygens (including phenoxy) is 2. The maximum atomic E-state index is 12.5. The van der Waals surface area contributed by atoms with Gasteiger partial charge in [-0.3, -0.25) is 0 Å².